The van der Waals surface area contributed by atoms with Crippen LogP contribution in [0.15, 0.2) is 65.3 Å². The molecule has 0 fully saturated rings. The Morgan fingerprint density at radius 2 is 1.94 bits per heavy atom. The quantitative estimate of drug-likeness (QED) is 0.611. The molecule has 0 unspecified atom stereocenters. The molecule has 0 aliphatic carbocycles. The zero-order valence-corrected chi connectivity index (χ0v) is 18.7. The second-order valence-corrected chi connectivity index (χ2v) is 7.38. The number of esters is 1. The van der Waals surface area contributed by atoms with Crippen LogP contribution in [0.3, 0.4) is 0 Å². The van der Waals surface area contributed by atoms with Crippen LogP contribution in [-0.4, -0.2) is 19.7 Å². The topological polar surface area (TPSA) is 104 Å². The molecule has 0 saturated heterocycles. The number of nitriles is 1. The van der Waals surface area contributed by atoms with E-state index in [4.69, 9.17) is 36.3 Å². The van der Waals surface area contributed by atoms with Crippen molar-refractivity contribution in [2.75, 3.05) is 13.7 Å². The first-order chi connectivity index (χ1) is 15.4. The lowest BCUT2D eigenvalue weighted by Crippen LogP contribution is -2.25. The van der Waals surface area contributed by atoms with Crippen molar-refractivity contribution in [3.63, 3.8) is 0 Å². The molecule has 0 amide bonds. The highest BCUT2D eigenvalue weighted by molar-refractivity contribution is 6.30. The van der Waals surface area contributed by atoms with Crippen LogP contribution < -0.4 is 15.2 Å². The van der Waals surface area contributed by atoms with Gasteiger partial charge in [0, 0.05) is 5.02 Å². The van der Waals surface area contributed by atoms with Gasteiger partial charge in [-0.05, 0) is 49.2 Å². The third kappa shape index (κ3) is 4.82. The van der Waals surface area contributed by atoms with Crippen LogP contribution in [0.5, 0.6) is 11.5 Å². The van der Waals surface area contributed by atoms with E-state index in [1.54, 1.807) is 44.2 Å². The number of allylic oxidation sites excluding steroid dienone is 2. The van der Waals surface area contributed by atoms with Crippen molar-refractivity contribution < 1.29 is 23.7 Å². The molecule has 166 valence electrons. The Kier molecular flexibility index (Phi) is 7.29. The van der Waals surface area contributed by atoms with E-state index in [1.165, 1.54) is 7.11 Å². The van der Waals surface area contributed by atoms with Crippen LogP contribution in [0.2, 0.25) is 5.02 Å². The lowest BCUT2D eigenvalue weighted by atomic mass is 9.83. The average molecular weight is 455 g/mol. The number of rotatable bonds is 7. The van der Waals surface area contributed by atoms with Crippen molar-refractivity contribution in [3.05, 3.63) is 81.4 Å². The number of methoxy groups -OCH3 is 1. The fourth-order valence-corrected chi connectivity index (χ4v) is 3.54. The Hall–Kier alpha value is -3.63. The number of hydrogen-bond donors (Lipinski definition) is 1. The molecule has 3 rings (SSSR count). The van der Waals surface area contributed by atoms with E-state index < -0.39 is 11.9 Å². The van der Waals surface area contributed by atoms with E-state index in [-0.39, 0.29) is 29.4 Å². The minimum atomic E-state index is -0.757. The molecule has 32 heavy (non-hydrogen) atoms. The number of halogens is 1. The second kappa shape index (κ2) is 10.1. The zero-order valence-electron chi connectivity index (χ0n) is 18.0. The largest absolute Gasteiger partial charge is 0.493 e. The van der Waals surface area contributed by atoms with Crippen LogP contribution >= 0.6 is 11.6 Å². The molecule has 1 atom stereocenters. The average Bonchev–Trinajstić information content (AvgIpc) is 2.78. The number of ether oxygens (including phenoxy) is 4. The Morgan fingerprint density at radius 1 is 1.22 bits per heavy atom. The van der Waals surface area contributed by atoms with Gasteiger partial charge in [0.25, 0.3) is 0 Å². The molecule has 1 heterocycles. The predicted molar refractivity (Wildman–Crippen MR) is 119 cm³/mol. The smallest absolute Gasteiger partial charge is 0.338 e. The van der Waals surface area contributed by atoms with Gasteiger partial charge in [0.05, 0.1) is 25.2 Å². The van der Waals surface area contributed by atoms with E-state index in [2.05, 4.69) is 6.07 Å². The third-order valence-corrected chi connectivity index (χ3v) is 5.18. The maximum absolute atomic E-state index is 12.7. The molecular formula is C24H23ClN2O5. The first kappa shape index (κ1) is 23.0. The Bertz CT molecular complexity index is 1120. The zero-order chi connectivity index (χ0) is 23.3. The van der Waals surface area contributed by atoms with E-state index in [1.807, 2.05) is 12.1 Å². The van der Waals surface area contributed by atoms with Gasteiger partial charge in [0.2, 0.25) is 5.88 Å². The predicted octanol–water partition coefficient (Wildman–Crippen LogP) is 4.57. The highest BCUT2D eigenvalue weighted by atomic mass is 35.5. The first-order valence-electron chi connectivity index (χ1n) is 9.90. The summed E-state index contributed by atoms with van der Waals surface area (Å²) in [4.78, 5) is 12.7. The molecule has 2 aromatic carbocycles. The molecule has 0 spiro atoms. The van der Waals surface area contributed by atoms with Gasteiger partial charge in [-0.25, -0.2) is 4.79 Å². The van der Waals surface area contributed by atoms with Crippen LogP contribution in [-0.2, 0) is 20.9 Å². The van der Waals surface area contributed by atoms with E-state index >= 15 is 0 Å². The normalized spacial score (nSPS) is 15.7. The number of benzene rings is 2. The standard InChI is InChI=1S/C24H23ClN2O5/c1-4-30-24(28)21-14(2)32-23(27)18(12-26)22(21)16-7-10-19(20(11-16)29-3)31-13-15-5-8-17(25)9-6-15/h5-11,22H,4,13,27H2,1-3H3/t22-/m0/s1. The third-order valence-electron chi connectivity index (χ3n) is 4.93. The summed E-state index contributed by atoms with van der Waals surface area (Å²) in [6.07, 6.45) is 0. The first-order valence-corrected chi connectivity index (χ1v) is 10.3. The second-order valence-electron chi connectivity index (χ2n) is 6.94. The number of nitrogens with two attached hydrogens (primary N) is 1. The molecule has 2 N–H and O–H groups in total. The van der Waals surface area contributed by atoms with Crippen molar-refractivity contribution in [2.45, 2.75) is 26.4 Å². The van der Waals surface area contributed by atoms with Crippen molar-refractivity contribution >= 4 is 17.6 Å². The van der Waals surface area contributed by atoms with Crippen LogP contribution in [0, 0.1) is 11.3 Å². The summed E-state index contributed by atoms with van der Waals surface area (Å²) in [5, 5.41) is 10.4. The SMILES string of the molecule is CCOC(=O)C1=C(C)OC(N)=C(C#N)[C@@H]1c1ccc(OCc2ccc(Cl)cc2)c(OC)c1. The molecule has 1 aliphatic heterocycles. The van der Waals surface area contributed by atoms with Gasteiger partial charge in [-0.15, -0.1) is 0 Å². The molecule has 8 heteroatoms. The van der Waals surface area contributed by atoms with Gasteiger partial charge >= 0.3 is 5.97 Å². The number of hydrogen-bond acceptors (Lipinski definition) is 7. The summed E-state index contributed by atoms with van der Waals surface area (Å²) < 4.78 is 22.1. The van der Waals surface area contributed by atoms with Gasteiger partial charge in [-0.1, -0.05) is 29.8 Å². The van der Waals surface area contributed by atoms with Crippen molar-refractivity contribution in [2.24, 2.45) is 5.73 Å². The number of carbonyl (C=O) groups excluding carboxylic acids is 1. The monoisotopic (exact) mass is 454 g/mol. The summed E-state index contributed by atoms with van der Waals surface area (Å²) in [7, 11) is 1.51. The summed E-state index contributed by atoms with van der Waals surface area (Å²) >= 11 is 5.92. The van der Waals surface area contributed by atoms with Crippen molar-refractivity contribution in [1.29, 1.82) is 5.26 Å². The summed E-state index contributed by atoms with van der Waals surface area (Å²) in [6, 6.07) is 14.6. The molecule has 0 saturated carbocycles. The maximum atomic E-state index is 12.7. The van der Waals surface area contributed by atoms with E-state index in [0.29, 0.717) is 28.7 Å². The van der Waals surface area contributed by atoms with Crippen LogP contribution in [0.1, 0.15) is 30.9 Å². The van der Waals surface area contributed by atoms with Crippen LogP contribution in [0.4, 0.5) is 0 Å². The Morgan fingerprint density at radius 3 is 2.56 bits per heavy atom. The summed E-state index contributed by atoms with van der Waals surface area (Å²) in [5.41, 5.74) is 7.85. The van der Waals surface area contributed by atoms with E-state index in [9.17, 15) is 10.1 Å². The van der Waals surface area contributed by atoms with Gasteiger partial charge in [-0.2, -0.15) is 5.26 Å². The number of carbonyl (C=O) groups is 1. The minimum absolute atomic E-state index is 0.0509. The Labute approximate surface area is 191 Å². The molecule has 7 nitrogen and oxygen atoms in total. The van der Waals surface area contributed by atoms with Gasteiger partial charge in [0.15, 0.2) is 11.5 Å². The van der Waals surface area contributed by atoms with Crippen molar-refractivity contribution in [1.82, 2.24) is 0 Å². The molecule has 2 aromatic rings. The highest BCUT2D eigenvalue weighted by Crippen LogP contribution is 2.42. The summed E-state index contributed by atoms with van der Waals surface area (Å²) in [6.45, 7) is 3.82. The summed E-state index contributed by atoms with van der Waals surface area (Å²) in [5.74, 6) is -0.145. The van der Waals surface area contributed by atoms with Gasteiger partial charge < -0.3 is 24.7 Å². The molecular weight excluding hydrogens is 432 g/mol. The minimum Gasteiger partial charge on any atom is -0.493 e. The molecule has 0 aromatic heterocycles. The highest BCUT2D eigenvalue weighted by Gasteiger charge is 2.36. The molecule has 1 aliphatic rings. The lowest BCUT2D eigenvalue weighted by Gasteiger charge is -2.27. The van der Waals surface area contributed by atoms with Gasteiger partial charge in [-0.3, -0.25) is 0 Å². The lowest BCUT2D eigenvalue weighted by molar-refractivity contribution is -0.139. The van der Waals surface area contributed by atoms with E-state index in [0.717, 1.165) is 5.56 Å². The van der Waals surface area contributed by atoms with Crippen LogP contribution in [0.25, 0.3) is 0 Å². The van der Waals surface area contributed by atoms with Crippen molar-refractivity contribution in [3.8, 4) is 17.6 Å². The molecule has 0 radical (unpaired) electrons. The maximum Gasteiger partial charge on any atom is 0.338 e. The Balaban J connectivity index is 1.97. The number of nitrogens with zero attached hydrogens (tertiary/aromatic N) is 1. The van der Waals surface area contributed by atoms with Gasteiger partial charge in [0.1, 0.15) is 24.0 Å². The fourth-order valence-electron chi connectivity index (χ4n) is 3.41. The fraction of sp³-hybridized carbons (Fsp3) is 0.250. The molecule has 0 bridgehead atoms.